The highest BCUT2D eigenvalue weighted by molar-refractivity contribution is 7.92. The largest absolute Gasteiger partial charge is 0.491 e. The van der Waals surface area contributed by atoms with Gasteiger partial charge in [-0.15, -0.1) is 0 Å². The fraction of sp³-hybridized carbons (Fsp3) is 0.278. The molecule has 6 heteroatoms. The topological polar surface area (TPSA) is 72.5 Å². The van der Waals surface area contributed by atoms with E-state index in [9.17, 15) is 13.2 Å². The number of benzene rings is 2. The molecule has 24 heavy (non-hydrogen) atoms. The molecular formula is C18H21NO4S. The summed E-state index contributed by atoms with van der Waals surface area (Å²) in [5.74, 6) is -0.0564. The van der Waals surface area contributed by atoms with Crippen LogP contribution < -0.4 is 10.1 Å². The molecule has 1 N–H and O–H groups in total. The van der Waals surface area contributed by atoms with Crippen LogP contribution in [0.15, 0.2) is 54.6 Å². The van der Waals surface area contributed by atoms with Gasteiger partial charge in [0.2, 0.25) is 5.91 Å². The van der Waals surface area contributed by atoms with Gasteiger partial charge in [0.1, 0.15) is 11.0 Å². The molecule has 0 aromatic heterocycles. The Morgan fingerprint density at radius 3 is 2.38 bits per heavy atom. The van der Waals surface area contributed by atoms with Gasteiger partial charge in [-0.05, 0) is 24.6 Å². The standard InChI is InChI=1S/C18H21NO4S/c1-14(24(2,21)22)18(20)19-16-10-6-7-11-17(16)23-13-12-15-8-4-3-5-9-15/h3-11,14H,12-13H2,1-2H3,(H,19,20)/t14-/m0/s1. The van der Waals surface area contributed by atoms with E-state index in [-0.39, 0.29) is 0 Å². The molecule has 0 radical (unpaired) electrons. The van der Waals surface area contributed by atoms with Crippen molar-refractivity contribution >= 4 is 21.4 Å². The smallest absolute Gasteiger partial charge is 0.242 e. The lowest BCUT2D eigenvalue weighted by atomic mass is 10.2. The van der Waals surface area contributed by atoms with Crippen molar-refractivity contribution in [1.82, 2.24) is 0 Å². The molecule has 0 spiro atoms. The predicted octanol–water partition coefficient (Wildman–Crippen LogP) is 2.68. The average Bonchev–Trinajstić information content (AvgIpc) is 2.56. The van der Waals surface area contributed by atoms with Gasteiger partial charge in [-0.3, -0.25) is 4.79 Å². The van der Waals surface area contributed by atoms with E-state index in [1.54, 1.807) is 24.3 Å². The Labute approximate surface area is 142 Å². The van der Waals surface area contributed by atoms with Crippen LogP contribution >= 0.6 is 0 Å². The zero-order valence-electron chi connectivity index (χ0n) is 13.7. The molecule has 5 nitrogen and oxygen atoms in total. The van der Waals surface area contributed by atoms with Crippen molar-refractivity contribution in [2.75, 3.05) is 18.2 Å². The van der Waals surface area contributed by atoms with Crippen LogP contribution in [0.3, 0.4) is 0 Å². The number of sulfone groups is 1. The lowest BCUT2D eigenvalue weighted by Crippen LogP contribution is -2.31. The molecule has 128 valence electrons. The zero-order valence-corrected chi connectivity index (χ0v) is 14.5. The first kappa shape index (κ1) is 18.0. The number of para-hydroxylation sites is 2. The summed E-state index contributed by atoms with van der Waals surface area (Å²) in [6, 6.07) is 16.9. The fourth-order valence-corrected chi connectivity index (χ4v) is 2.50. The van der Waals surface area contributed by atoms with E-state index < -0.39 is 21.0 Å². The summed E-state index contributed by atoms with van der Waals surface area (Å²) in [6.45, 7) is 1.82. The molecule has 0 aliphatic heterocycles. The van der Waals surface area contributed by atoms with Crippen molar-refractivity contribution in [3.05, 3.63) is 60.2 Å². The monoisotopic (exact) mass is 347 g/mol. The van der Waals surface area contributed by atoms with Crippen molar-refractivity contribution in [2.24, 2.45) is 0 Å². The minimum atomic E-state index is -3.44. The third-order valence-electron chi connectivity index (χ3n) is 3.65. The normalized spacial score (nSPS) is 12.4. The second-order valence-corrected chi connectivity index (χ2v) is 7.91. The Balaban J connectivity index is 2.01. The molecule has 0 heterocycles. The molecule has 2 rings (SSSR count). The molecule has 0 aliphatic carbocycles. The quantitative estimate of drug-likeness (QED) is 0.836. The third kappa shape index (κ3) is 5.09. The van der Waals surface area contributed by atoms with Gasteiger partial charge in [0, 0.05) is 12.7 Å². The van der Waals surface area contributed by atoms with Crippen LogP contribution in [0, 0.1) is 0 Å². The van der Waals surface area contributed by atoms with Gasteiger partial charge in [-0.25, -0.2) is 8.42 Å². The van der Waals surface area contributed by atoms with Gasteiger partial charge in [0.15, 0.2) is 9.84 Å². The molecule has 0 unspecified atom stereocenters. The van der Waals surface area contributed by atoms with Crippen molar-refractivity contribution in [2.45, 2.75) is 18.6 Å². The number of anilines is 1. The second-order valence-electron chi connectivity index (χ2n) is 5.54. The molecule has 0 saturated carbocycles. The highest BCUT2D eigenvalue weighted by Crippen LogP contribution is 2.24. The van der Waals surface area contributed by atoms with E-state index in [0.29, 0.717) is 18.0 Å². The SMILES string of the molecule is C[C@@H](C(=O)Nc1ccccc1OCCc1ccccc1)S(C)(=O)=O. The molecular weight excluding hydrogens is 326 g/mol. The summed E-state index contributed by atoms with van der Waals surface area (Å²) in [7, 11) is -3.44. The number of hydrogen-bond acceptors (Lipinski definition) is 4. The van der Waals surface area contributed by atoms with Crippen LogP contribution in [0.25, 0.3) is 0 Å². The first-order chi connectivity index (χ1) is 11.4. The molecule has 0 aliphatic rings. The van der Waals surface area contributed by atoms with E-state index in [1.165, 1.54) is 6.92 Å². The summed E-state index contributed by atoms with van der Waals surface area (Å²) in [6.07, 6.45) is 1.78. The van der Waals surface area contributed by atoms with Gasteiger partial charge in [0.05, 0.1) is 12.3 Å². The lowest BCUT2D eigenvalue weighted by molar-refractivity contribution is -0.115. The molecule has 0 fully saturated rings. The highest BCUT2D eigenvalue weighted by atomic mass is 32.2. The van der Waals surface area contributed by atoms with Crippen LogP contribution in [0.4, 0.5) is 5.69 Å². The minimum absolute atomic E-state index is 0.457. The van der Waals surface area contributed by atoms with Crippen LogP contribution in [0.5, 0.6) is 5.75 Å². The van der Waals surface area contributed by atoms with Gasteiger partial charge in [-0.1, -0.05) is 42.5 Å². The first-order valence-corrected chi connectivity index (χ1v) is 9.59. The number of rotatable bonds is 7. The van der Waals surface area contributed by atoms with Crippen molar-refractivity contribution in [1.29, 1.82) is 0 Å². The Morgan fingerprint density at radius 2 is 1.71 bits per heavy atom. The van der Waals surface area contributed by atoms with Gasteiger partial charge in [-0.2, -0.15) is 0 Å². The number of ether oxygens (including phenoxy) is 1. The summed E-state index contributed by atoms with van der Waals surface area (Å²) in [4.78, 5) is 12.1. The molecule has 2 aromatic carbocycles. The summed E-state index contributed by atoms with van der Waals surface area (Å²) < 4.78 is 28.7. The van der Waals surface area contributed by atoms with Crippen molar-refractivity contribution in [3.63, 3.8) is 0 Å². The van der Waals surface area contributed by atoms with E-state index in [0.717, 1.165) is 18.2 Å². The number of nitrogens with one attached hydrogen (secondary N) is 1. The maximum Gasteiger partial charge on any atom is 0.242 e. The second kappa shape index (κ2) is 7.97. The maximum atomic E-state index is 12.1. The van der Waals surface area contributed by atoms with E-state index in [2.05, 4.69) is 5.32 Å². The number of amides is 1. The summed E-state index contributed by atoms with van der Waals surface area (Å²) in [5.41, 5.74) is 1.62. The predicted molar refractivity (Wildman–Crippen MR) is 95.0 cm³/mol. The lowest BCUT2D eigenvalue weighted by Gasteiger charge is -2.14. The Kier molecular flexibility index (Phi) is 5.98. The summed E-state index contributed by atoms with van der Waals surface area (Å²) >= 11 is 0. The molecule has 0 bridgehead atoms. The van der Waals surface area contributed by atoms with Crippen LogP contribution in [-0.2, 0) is 21.1 Å². The molecule has 1 atom stereocenters. The molecule has 1 amide bonds. The Morgan fingerprint density at radius 1 is 1.08 bits per heavy atom. The van der Waals surface area contributed by atoms with Crippen LogP contribution in [-0.4, -0.2) is 32.4 Å². The highest BCUT2D eigenvalue weighted by Gasteiger charge is 2.24. The zero-order chi connectivity index (χ0) is 17.6. The van der Waals surface area contributed by atoms with Gasteiger partial charge in [0.25, 0.3) is 0 Å². The number of carbonyl (C=O) groups excluding carboxylic acids is 1. The Bertz CT molecular complexity index is 788. The van der Waals surface area contributed by atoms with Crippen molar-refractivity contribution < 1.29 is 17.9 Å². The van der Waals surface area contributed by atoms with Crippen LogP contribution in [0.1, 0.15) is 12.5 Å². The van der Waals surface area contributed by atoms with Gasteiger partial charge >= 0.3 is 0 Å². The van der Waals surface area contributed by atoms with Crippen LogP contribution in [0.2, 0.25) is 0 Å². The molecule has 2 aromatic rings. The average molecular weight is 347 g/mol. The van der Waals surface area contributed by atoms with E-state index >= 15 is 0 Å². The molecule has 0 saturated heterocycles. The first-order valence-electron chi connectivity index (χ1n) is 7.63. The van der Waals surface area contributed by atoms with E-state index in [4.69, 9.17) is 4.74 Å². The fourth-order valence-electron chi connectivity index (χ4n) is 2.05. The number of carbonyl (C=O) groups is 1. The van der Waals surface area contributed by atoms with Gasteiger partial charge < -0.3 is 10.1 Å². The summed E-state index contributed by atoms with van der Waals surface area (Å²) in [5, 5.41) is 1.51. The van der Waals surface area contributed by atoms with E-state index in [1.807, 2.05) is 30.3 Å². The Hall–Kier alpha value is -2.34. The minimum Gasteiger partial charge on any atom is -0.491 e. The van der Waals surface area contributed by atoms with Crippen molar-refractivity contribution in [3.8, 4) is 5.75 Å². The number of hydrogen-bond donors (Lipinski definition) is 1. The third-order valence-corrected chi connectivity index (χ3v) is 5.15. The maximum absolute atomic E-state index is 12.1.